The van der Waals surface area contributed by atoms with Crippen molar-refractivity contribution in [2.45, 2.75) is 52.5 Å². The molecule has 3 rings (SSSR count). The Morgan fingerprint density at radius 1 is 1.00 bits per heavy atom. The molecule has 0 radical (unpaired) electrons. The van der Waals surface area contributed by atoms with E-state index in [0.717, 1.165) is 43.7 Å². The van der Waals surface area contributed by atoms with Crippen LogP contribution in [0.4, 0.5) is 0 Å². The Bertz CT molecular complexity index is 803. The van der Waals surface area contributed by atoms with Gasteiger partial charge in [0.2, 0.25) is 0 Å². The maximum absolute atomic E-state index is 5.88. The first kappa shape index (κ1) is 17.5. The van der Waals surface area contributed by atoms with E-state index in [-0.39, 0.29) is 0 Å². The second-order valence-corrected chi connectivity index (χ2v) is 6.80. The van der Waals surface area contributed by atoms with Crippen LogP contribution in [0.15, 0.2) is 48.5 Å². The van der Waals surface area contributed by atoms with Gasteiger partial charge in [-0.25, -0.2) is 4.98 Å². The van der Waals surface area contributed by atoms with Gasteiger partial charge >= 0.3 is 0 Å². The van der Waals surface area contributed by atoms with Crippen molar-refractivity contribution in [3.63, 3.8) is 0 Å². The zero-order valence-corrected chi connectivity index (χ0v) is 15.5. The molecule has 0 aliphatic heterocycles. The van der Waals surface area contributed by atoms with Crippen LogP contribution in [-0.2, 0) is 13.0 Å². The zero-order valence-electron chi connectivity index (χ0n) is 15.5. The predicted molar refractivity (Wildman–Crippen MR) is 104 cm³/mol. The number of fused-ring (bicyclic) bond motifs is 1. The van der Waals surface area contributed by atoms with Gasteiger partial charge in [-0.1, -0.05) is 45.0 Å². The SMILES string of the molecule is CCc1nc2ccccc2n1CCCCOc1ccc(C(C)C)cc1. The van der Waals surface area contributed by atoms with Crippen LogP contribution in [0.3, 0.4) is 0 Å². The molecule has 0 aliphatic rings. The summed E-state index contributed by atoms with van der Waals surface area (Å²) in [6, 6.07) is 16.9. The number of imidazole rings is 1. The highest BCUT2D eigenvalue weighted by molar-refractivity contribution is 5.75. The Kier molecular flexibility index (Phi) is 5.75. The number of para-hydroxylation sites is 2. The minimum Gasteiger partial charge on any atom is -0.494 e. The summed E-state index contributed by atoms with van der Waals surface area (Å²) in [6.45, 7) is 8.34. The van der Waals surface area contributed by atoms with Crippen molar-refractivity contribution in [1.29, 1.82) is 0 Å². The van der Waals surface area contributed by atoms with E-state index in [0.29, 0.717) is 5.92 Å². The second-order valence-electron chi connectivity index (χ2n) is 6.80. The topological polar surface area (TPSA) is 27.1 Å². The summed E-state index contributed by atoms with van der Waals surface area (Å²) in [5, 5.41) is 0. The maximum atomic E-state index is 5.88. The van der Waals surface area contributed by atoms with Crippen molar-refractivity contribution in [2.75, 3.05) is 6.61 Å². The molecule has 0 amide bonds. The van der Waals surface area contributed by atoms with Gasteiger partial charge in [-0.15, -0.1) is 0 Å². The fraction of sp³-hybridized carbons (Fsp3) is 0.409. The molecule has 0 fully saturated rings. The van der Waals surface area contributed by atoms with Crippen molar-refractivity contribution < 1.29 is 4.74 Å². The fourth-order valence-electron chi connectivity index (χ4n) is 3.16. The molecule has 132 valence electrons. The Balaban J connectivity index is 1.50. The number of ether oxygens (including phenoxy) is 1. The van der Waals surface area contributed by atoms with E-state index >= 15 is 0 Å². The minimum atomic E-state index is 0.562. The summed E-state index contributed by atoms with van der Waals surface area (Å²) in [7, 11) is 0. The molecule has 0 bridgehead atoms. The van der Waals surface area contributed by atoms with Crippen molar-refractivity contribution in [2.24, 2.45) is 0 Å². The van der Waals surface area contributed by atoms with Crippen LogP contribution >= 0.6 is 0 Å². The largest absolute Gasteiger partial charge is 0.494 e. The molecule has 0 spiro atoms. The summed E-state index contributed by atoms with van der Waals surface area (Å²) in [5.74, 6) is 2.70. The fourth-order valence-corrected chi connectivity index (χ4v) is 3.16. The van der Waals surface area contributed by atoms with E-state index in [1.807, 2.05) is 0 Å². The van der Waals surface area contributed by atoms with Crippen LogP contribution in [-0.4, -0.2) is 16.2 Å². The minimum absolute atomic E-state index is 0.562. The van der Waals surface area contributed by atoms with Gasteiger partial charge in [-0.2, -0.15) is 0 Å². The first-order valence-corrected chi connectivity index (χ1v) is 9.36. The summed E-state index contributed by atoms with van der Waals surface area (Å²) in [5.41, 5.74) is 3.69. The summed E-state index contributed by atoms with van der Waals surface area (Å²) in [4.78, 5) is 4.73. The molecule has 3 nitrogen and oxygen atoms in total. The quantitative estimate of drug-likeness (QED) is 0.502. The van der Waals surface area contributed by atoms with Gasteiger partial charge in [0.15, 0.2) is 0 Å². The number of hydrogen-bond donors (Lipinski definition) is 0. The molecule has 0 aliphatic carbocycles. The molecule has 0 N–H and O–H groups in total. The molecular weight excluding hydrogens is 308 g/mol. The number of hydrogen-bond acceptors (Lipinski definition) is 2. The van der Waals surface area contributed by atoms with Crippen molar-refractivity contribution in [3.05, 3.63) is 59.9 Å². The first-order chi connectivity index (χ1) is 12.2. The third-order valence-corrected chi connectivity index (χ3v) is 4.64. The molecule has 1 heterocycles. The van der Waals surface area contributed by atoms with Crippen molar-refractivity contribution in [3.8, 4) is 5.75 Å². The zero-order chi connectivity index (χ0) is 17.6. The molecular formula is C22H28N2O. The predicted octanol–water partition coefficient (Wildman–Crippen LogP) is 5.58. The van der Waals surface area contributed by atoms with Crippen LogP contribution in [0.25, 0.3) is 11.0 Å². The molecule has 2 aromatic carbocycles. The van der Waals surface area contributed by atoms with E-state index in [1.165, 1.54) is 16.9 Å². The van der Waals surface area contributed by atoms with Crippen molar-refractivity contribution >= 4 is 11.0 Å². The highest BCUT2D eigenvalue weighted by Gasteiger charge is 2.08. The summed E-state index contributed by atoms with van der Waals surface area (Å²) < 4.78 is 8.23. The van der Waals surface area contributed by atoms with E-state index in [9.17, 15) is 0 Å². The Morgan fingerprint density at radius 3 is 2.48 bits per heavy atom. The lowest BCUT2D eigenvalue weighted by atomic mass is 10.0. The van der Waals surface area contributed by atoms with Gasteiger partial charge in [0, 0.05) is 13.0 Å². The van der Waals surface area contributed by atoms with Gasteiger partial charge in [0.25, 0.3) is 0 Å². The average Bonchev–Trinajstić information content (AvgIpc) is 3.00. The summed E-state index contributed by atoms with van der Waals surface area (Å²) in [6.07, 6.45) is 3.10. The van der Waals surface area contributed by atoms with E-state index < -0.39 is 0 Å². The monoisotopic (exact) mass is 336 g/mol. The number of unbranched alkanes of at least 4 members (excludes halogenated alkanes) is 1. The molecule has 0 saturated heterocycles. The lowest BCUT2D eigenvalue weighted by Crippen LogP contribution is -2.05. The Labute approximate surface area is 150 Å². The molecule has 1 aromatic heterocycles. The van der Waals surface area contributed by atoms with Crippen molar-refractivity contribution in [1.82, 2.24) is 9.55 Å². The number of rotatable bonds is 8. The summed E-state index contributed by atoms with van der Waals surface area (Å²) >= 11 is 0. The van der Waals surface area contributed by atoms with Crippen LogP contribution in [0.5, 0.6) is 5.75 Å². The molecule has 3 aromatic rings. The van der Waals surface area contributed by atoms with Gasteiger partial charge < -0.3 is 9.30 Å². The van der Waals surface area contributed by atoms with Crippen LogP contribution in [0.1, 0.15) is 50.9 Å². The first-order valence-electron chi connectivity index (χ1n) is 9.36. The molecule has 25 heavy (non-hydrogen) atoms. The van der Waals surface area contributed by atoms with E-state index in [1.54, 1.807) is 0 Å². The third-order valence-electron chi connectivity index (χ3n) is 4.64. The van der Waals surface area contributed by atoms with Gasteiger partial charge in [0.05, 0.1) is 17.6 Å². The van der Waals surface area contributed by atoms with Gasteiger partial charge in [-0.3, -0.25) is 0 Å². The van der Waals surface area contributed by atoms with E-state index in [2.05, 4.69) is 73.9 Å². The third kappa shape index (κ3) is 4.22. The lowest BCUT2D eigenvalue weighted by molar-refractivity contribution is 0.303. The number of aromatic nitrogens is 2. The number of aryl methyl sites for hydroxylation is 2. The second kappa shape index (κ2) is 8.19. The van der Waals surface area contributed by atoms with Crippen LogP contribution in [0, 0.1) is 0 Å². The Hall–Kier alpha value is -2.29. The van der Waals surface area contributed by atoms with E-state index in [4.69, 9.17) is 9.72 Å². The van der Waals surface area contributed by atoms with Crippen LogP contribution in [0.2, 0.25) is 0 Å². The molecule has 0 atom stereocenters. The number of benzene rings is 2. The molecule has 3 heteroatoms. The highest BCUT2D eigenvalue weighted by atomic mass is 16.5. The number of nitrogens with zero attached hydrogens (tertiary/aromatic N) is 2. The Morgan fingerprint density at radius 2 is 1.76 bits per heavy atom. The lowest BCUT2D eigenvalue weighted by Gasteiger charge is -2.10. The smallest absolute Gasteiger partial charge is 0.119 e. The standard InChI is InChI=1S/C22H28N2O/c1-4-22-23-20-9-5-6-10-21(20)24(22)15-7-8-16-25-19-13-11-18(12-14-19)17(2)3/h5-6,9-14,17H,4,7-8,15-16H2,1-3H3. The molecule has 0 saturated carbocycles. The van der Waals surface area contributed by atoms with Crippen LogP contribution < -0.4 is 4.74 Å². The molecule has 0 unspecified atom stereocenters. The average molecular weight is 336 g/mol. The maximum Gasteiger partial charge on any atom is 0.119 e. The highest BCUT2D eigenvalue weighted by Crippen LogP contribution is 2.19. The van der Waals surface area contributed by atoms with Gasteiger partial charge in [0.1, 0.15) is 11.6 Å². The van der Waals surface area contributed by atoms with Gasteiger partial charge in [-0.05, 0) is 48.6 Å². The normalized spacial score (nSPS) is 11.4.